The van der Waals surface area contributed by atoms with Crippen molar-refractivity contribution in [2.45, 2.75) is 25.8 Å². The zero-order valence-electron chi connectivity index (χ0n) is 8.66. The highest BCUT2D eigenvalue weighted by Crippen LogP contribution is 2.08. The number of rotatable bonds is 2. The van der Waals surface area contributed by atoms with Crippen LogP contribution in [0.15, 0.2) is 12.4 Å². The molecule has 0 aromatic carbocycles. The van der Waals surface area contributed by atoms with E-state index in [4.69, 9.17) is 0 Å². The van der Waals surface area contributed by atoms with Crippen LogP contribution in [0.5, 0.6) is 0 Å². The SMILES string of the molecule is Cc1cnc(NC2CCCNC2=O)nc1. The summed E-state index contributed by atoms with van der Waals surface area (Å²) in [6.07, 6.45) is 5.30. The number of anilines is 1. The molecule has 2 N–H and O–H groups in total. The van der Waals surface area contributed by atoms with Crippen LogP contribution in [0.1, 0.15) is 18.4 Å². The van der Waals surface area contributed by atoms with Gasteiger partial charge >= 0.3 is 0 Å². The Balaban J connectivity index is 2.01. The number of amides is 1. The van der Waals surface area contributed by atoms with Crippen molar-refractivity contribution >= 4 is 11.9 Å². The largest absolute Gasteiger partial charge is 0.354 e. The van der Waals surface area contributed by atoms with E-state index in [1.165, 1.54) is 0 Å². The fourth-order valence-corrected chi connectivity index (χ4v) is 1.53. The molecule has 0 radical (unpaired) electrons. The standard InChI is InChI=1S/C10H14N4O/c1-7-5-12-10(13-6-7)14-8-3-2-4-11-9(8)15/h5-6,8H,2-4H2,1H3,(H,11,15)(H,12,13,14). The van der Waals surface area contributed by atoms with Crippen molar-refractivity contribution in [3.8, 4) is 0 Å². The molecule has 2 rings (SSSR count). The molecule has 1 aromatic heterocycles. The molecule has 2 heterocycles. The van der Waals surface area contributed by atoms with Gasteiger partial charge in [-0.3, -0.25) is 4.79 Å². The lowest BCUT2D eigenvalue weighted by molar-refractivity contribution is -0.123. The van der Waals surface area contributed by atoms with Crippen LogP contribution in [0.4, 0.5) is 5.95 Å². The minimum Gasteiger partial charge on any atom is -0.354 e. The molecule has 1 amide bonds. The molecule has 5 nitrogen and oxygen atoms in total. The monoisotopic (exact) mass is 206 g/mol. The first-order chi connectivity index (χ1) is 7.25. The molecule has 0 aliphatic carbocycles. The van der Waals surface area contributed by atoms with Crippen molar-refractivity contribution in [1.82, 2.24) is 15.3 Å². The summed E-state index contributed by atoms with van der Waals surface area (Å²) < 4.78 is 0. The molecule has 1 atom stereocenters. The lowest BCUT2D eigenvalue weighted by Gasteiger charge is -2.22. The normalized spacial score (nSPS) is 20.9. The van der Waals surface area contributed by atoms with Gasteiger partial charge in [0.2, 0.25) is 11.9 Å². The van der Waals surface area contributed by atoms with E-state index in [0.717, 1.165) is 24.9 Å². The van der Waals surface area contributed by atoms with E-state index in [1.807, 2.05) is 6.92 Å². The topological polar surface area (TPSA) is 66.9 Å². The highest BCUT2D eigenvalue weighted by Gasteiger charge is 2.21. The predicted octanol–water partition coefficient (Wildman–Crippen LogP) is 0.476. The number of nitrogens with zero attached hydrogens (tertiary/aromatic N) is 2. The number of carbonyl (C=O) groups excluding carboxylic acids is 1. The number of nitrogens with one attached hydrogen (secondary N) is 2. The Hall–Kier alpha value is -1.65. The van der Waals surface area contributed by atoms with Crippen LogP contribution >= 0.6 is 0 Å². The first kappa shape index (κ1) is 9.89. The van der Waals surface area contributed by atoms with E-state index in [9.17, 15) is 4.79 Å². The summed E-state index contributed by atoms with van der Waals surface area (Å²) in [5.41, 5.74) is 1.01. The van der Waals surface area contributed by atoms with E-state index in [1.54, 1.807) is 12.4 Å². The molecular weight excluding hydrogens is 192 g/mol. The van der Waals surface area contributed by atoms with E-state index in [2.05, 4.69) is 20.6 Å². The van der Waals surface area contributed by atoms with Gasteiger partial charge in [-0.25, -0.2) is 9.97 Å². The first-order valence-electron chi connectivity index (χ1n) is 5.08. The highest BCUT2D eigenvalue weighted by molar-refractivity contribution is 5.84. The Bertz CT molecular complexity index is 349. The number of aromatic nitrogens is 2. The predicted molar refractivity (Wildman–Crippen MR) is 56.4 cm³/mol. The van der Waals surface area contributed by atoms with Crippen molar-refractivity contribution in [2.75, 3.05) is 11.9 Å². The van der Waals surface area contributed by atoms with E-state index >= 15 is 0 Å². The summed E-state index contributed by atoms with van der Waals surface area (Å²) in [6, 6.07) is -0.193. The van der Waals surface area contributed by atoms with Crippen LogP contribution in [0.2, 0.25) is 0 Å². The zero-order valence-corrected chi connectivity index (χ0v) is 8.66. The van der Waals surface area contributed by atoms with Crippen LogP contribution in [-0.2, 0) is 4.79 Å². The molecule has 0 spiro atoms. The number of carbonyl (C=O) groups is 1. The average molecular weight is 206 g/mol. The third-order valence-electron chi connectivity index (χ3n) is 2.37. The van der Waals surface area contributed by atoms with Gasteiger partial charge < -0.3 is 10.6 Å². The van der Waals surface area contributed by atoms with Gasteiger partial charge in [0.1, 0.15) is 6.04 Å². The fourth-order valence-electron chi connectivity index (χ4n) is 1.53. The Labute approximate surface area is 88.3 Å². The summed E-state index contributed by atoms with van der Waals surface area (Å²) in [7, 11) is 0. The lowest BCUT2D eigenvalue weighted by Crippen LogP contribution is -2.44. The van der Waals surface area contributed by atoms with Crippen molar-refractivity contribution in [2.24, 2.45) is 0 Å². The Morgan fingerprint density at radius 2 is 2.20 bits per heavy atom. The molecule has 1 aliphatic heterocycles. The maximum absolute atomic E-state index is 11.4. The Morgan fingerprint density at radius 3 is 2.87 bits per heavy atom. The summed E-state index contributed by atoms with van der Waals surface area (Å²) in [6.45, 7) is 2.70. The second-order valence-electron chi connectivity index (χ2n) is 3.71. The van der Waals surface area contributed by atoms with Gasteiger partial charge in [0.25, 0.3) is 0 Å². The van der Waals surface area contributed by atoms with Gasteiger partial charge in [0, 0.05) is 18.9 Å². The maximum atomic E-state index is 11.4. The van der Waals surface area contributed by atoms with Gasteiger partial charge in [0.05, 0.1) is 0 Å². The third-order valence-corrected chi connectivity index (χ3v) is 2.37. The zero-order chi connectivity index (χ0) is 10.7. The smallest absolute Gasteiger partial charge is 0.242 e. The number of aryl methyl sites for hydroxylation is 1. The maximum Gasteiger partial charge on any atom is 0.242 e. The van der Waals surface area contributed by atoms with Gasteiger partial charge in [-0.2, -0.15) is 0 Å². The molecule has 80 valence electrons. The lowest BCUT2D eigenvalue weighted by atomic mass is 10.1. The quantitative estimate of drug-likeness (QED) is 0.738. The van der Waals surface area contributed by atoms with Crippen LogP contribution in [0, 0.1) is 6.92 Å². The van der Waals surface area contributed by atoms with Crippen molar-refractivity contribution in [3.63, 3.8) is 0 Å². The molecular formula is C10H14N4O. The van der Waals surface area contributed by atoms with Crippen molar-refractivity contribution < 1.29 is 4.79 Å². The van der Waals surface area contributed by atoms with Gasteiger partial charge in [0.15, 0.2) is 0 Å². The summed E-state index contributed by atoms with van der Waals surface area (Å²) in [5, 5.41) is 5.83. The molecule has 0 bridgehead atoms. The molecule has 5 heteroatoms. The first-order valence-corrected chi connectivity index (χ1v) is 5.08. The van der Waals surface area contributed by atoms with Crippen molar-refractivity contribution in [3.05, 3.63) is 18.0 Å². The molecule has 1 aliphatic rings. The number of hydrogen-bond acceptors (Lipinski definition) is 4. The molecule has 1 fully saturated rings. The Morgan fingerprint density at radius 1 is 1.47 bits per heavy atom. The summed E-state index contributed by atoms with van der Waals surface area (Å²) in [5.74, 6) is 0.549. The minimum absolute atomic E-state index is 0.0328. The van der Waals surface area contributed by atoms with Crippen LogP contribution in [0.3, 0.4) is 0 Å². The molecule has 1 aromatic rings. The van der Waals surface area contributed by atoms with Crippen LogP contribution in [0.25, 0.3) is 0 Å². The van der Waals surface area contributed by atoms with Crippen LogP contribution in [-0.4, -0.2) is 28.5 Å². The van der Waals surface area contributed by atoms with Gasteiger partial charge in [-0.05, 0) is 25.3 Å². The third kappa shape index (κ3) is 2.43. The number of piperidine rings is 1. The average Bonchev–Trinajstić information content (AvgIpc) is 2.25. The molecule has 1 saturated heterocycles. The van der Waals surface area contributed by atoms with Crippen molar-refractivity contribution in [1.29, 1.82) is 0 Å². The second-order valence-corrected chi connectivity index (χ2v) is 3.71. The van der Waals surface area contributed by atoms with Crippen LogP contribution < -0.4 is 10.6 Å². The highest BCUT2D eigenvalue weighted by atomic mass is 16.2. The van der Waals surface area contributed by atoms with E-state index in [0.29, 0.717) is 5.95 Å². The van der Waals surface area contributed by atoms with E-state index < -0.39 is 0 Å². The van der Waals surface area contributed by atoms with Gasteiger partial charge in [-0.15, -0.1) is 0 Å². The fraction of sp³-hybridized carbons (Fsp3) is 0.500. The second kappa shape index (κ2) is 4.25. The minimum atomic E-state index is -0.193. The Kier molecular flexibility index (Phi) is 2.80. The molecule has 15 heavy (non-hydrogen) atoms. The number of hydrogen-bond donors (Lipinski definition) is 2. The summed E-state index contributed by atoms with van der Waals surface area (Å²) in [4.78, 5) is 19.6. The van der Waals surface area contributed by atoms with Gasteiger partial charge in [-0.1, -0.05) is 0 Å². The summed E-state index contributed by atoms with van der Waals surface area (Å²) >= 11 is 0. The van der Waals surface area contributed by atoms with E-state index in [-0.39, 0.29) is 11.9 Å². The molecule has 1 unspecified atom stereocenters. The molecule has 0 saturated carbocycles.